The fraction of sp³-hybridized carbons (Fsp3) is 0.385. The second kappa shape index (κ2) is 6.78. The molecule has 0 aromatic heterocycles. The highest BCUT2D eigenvalue weighted by Crippen LogP contribution is 2.29. The monoisotopic (exact) mass is 303 g/mol. The zero-order valence-electron chi connectivity index (χ0n) is 10.7. The lowest BCUT2D eigenvalue weighted by Gasteiger charge is -2.11. The number of aliphatic carboxylic acids is 1. The minimum absolute atomic E-state index is 0.0458. The van der Waals surface area contributed by atoms with Crippen molar-refractivity contribution in [2.45, 2.75) is 26.7 Å². The predicted octanol–water partition coefficient (Wildman–Crippen LogP) is 3.74. The number of aryl methyl sites for hydroxylation is 1. The number of carbonyl (C=O) groups excluding carboxylic acids is 1. The molecule has 1 aromatic rings. The summed E-state index contributed by atoms with van der Waals surface area (Å²) in [4.78, 5) is 22.3. The van der Waals surface area contributed by atoms with E-state index < -0.39 is 5.97 Å². The maximum atomic E-state index is 11.7. The molecule has 0 aliphatic carbocycles. The van der Waals surface area contributed by atoms with E-state index in [4.69, 9.17) is 28.3 Å². The van der Waals surface area contributed by atoms with Crippen LogP contribution < -0.4 is 5.32 Å². The van der Waals surface area contributed by atoms with Gasteiger partial charge in [-0.15, -0.1) is 0 Å². The number of carboxylic acid groups (broad SMARTS) is 1. The Kier molecular flexibility index (Phi) is 5.63. The highest BCUT2D eigenvalue weighted by Gasteiger charge is 2.14. The molecule has 1 aromatic carbocycles. The van der Waals surface area contributed by atoms with Gasteiger partial charge in [0.25, 0.3) is 0 Å². The van der Waals surface area contributed by atoms with Crippen molar-refractivity contribution < 1.29 is 14.7 Å². The summed E-state index contributed by atoms with van der Waals surface area (Å²) in [5.41, 5.74) is 1.26. The van der Waals surface area contributed by atoms with Crippen molar-refractivity contribution in [2.75, 3.05) is 5.32 Å². The van der Waals surface area contributed by atoms with Crippen LogP contribution in [0.1, 0.15) is 25.3 Å². The minimum atomic E-state index is -0.920. The van der Waals surface area contributed by atoms with Crippen LogP contribution in [0.5, 0.6) is 0 Å². The Balaban J connectivity index is 2.67. The zero-order chi connectivity index (χ0) is 14.6. The molecule has 0 saturated carbocycles. The van der Waals surface area contributed by atoms with Gasteiger partial charge in [0.1, 0.15) is 0 Å². The van der Waals surface area contributed by atoms with Crippen LogP contribution in [0, 0.1) is 12.8 Å². The van der Waals surface area contributed by atoms with Gasteiger partial charge in [-0.1, -0.05) is 30.1 Å². The lowest BCUT2D eigenvalue weighted by molar-refractivity contribution is -0.138. The molecule has 6 heteroatoms. The summed E-state index contributed by atoms with van der Waals surface area (Å²) in [5, 5.41) is 12.2. The Hall–Kier alpha value is -1.26. The van der Waals surface area contributed by atoms with Gasteiger partial charge in [-0.25, -0.2) is 0 Å². The van der Waals surface area contributed by atoms with E-state index in [1.54, 1.807) is 19.1 Å². The van der Waals surface area contributed by atoms with Gasteiger partial charge < -0.3 is 10.4 Å². The van der Waals surface area contributed by atoms with E-state index in [9.17, 15) is 9.59 Å². The summed E-state index contributed by atoms with van der Waals surface area (Å²) in [6.07, 6.45) is 0.0733. The van der Waals surface area contributed by atoms with E-state index in [1.807, 2.05) is 6.92 Å². The quantitative estimate of drug-likeness (QED) is 0.870. The Morgan fingerprint density at radius 2 is 1.89 bits per heavy atom. The first-order chi connectivity index (χ1) is 8.79. The lowest BCUT2D eigenvalue weighted by Crippen LogP contribution is -2.17. The van der Waals surface area contributed by atoms with Gasteiger partial charge in [0.2, 0.25) is 5.91 Å². The molecule has 1 unspecified atom stereocenters. The molecule has 0 bridgehead atoms. The Morgan fingerprint density at radius 3 is 2.47 bits per heavy atom. The summed E-state index contributed by atoms with van der Waals surface area (Å²) in [5.74, 6) is -1.44. The first-order valence-corrected chi connectivity index (χ1v) is 6.52. The van der Waals surface area contributed by atoms with Gasteiger partial charge in [0.05, 0.1) is 10.7 Å². The number of halogens is 2. The van der Waals surface area contributed by atoms with Crippen LogP contribution in [0.15, 0.2) is 12.1 Å². The van der Waals surface area contributed by atoms with E-state index in [2.05, 4.69) is 5.32 Å². The number of benzene rings is 1. The average Bonchev–Trinajstić information content (AvgIpc) is 2.24. The van der Waals surface area contributed by atoms with Gasteiger partial charge in [-0.3, -0.25) is 9.59 Å². The first kappa shape index (κ1) is 15.8. The fourth-order valence-corrected chi connectivity index (χ4v) is 2.06. The molecule has 4 nitrogen and oxygen atoms in total. The van der Waals surface area contributed by atoms with Gasteiger partial charge >= 0.3 is 5.97 Å². The summed E-state index contributed by atoms with van der Waals surface area (Å²) in [6.45, 7) is 3.52. The SMILES string of the molecule is Cc1cc(Cl)c(NC(=O)CC(C)CC(=O)O)cc1Cl. The predicted molar refractivity (Wildman–Crippen MR) is 75.9 cm³/mol. The van der Waals surface area contributed by atoms with Gasteiger partial charge in [0.15, 0.2) is 0 Å². The van der Waals surface area contributed by atoms with Crippen molar-refractivity contribution >= 4 is 40.8 Å². The minimum Gasteiger partial charge on any atom is -0.481 e. The number of nitrogens with one attached hydrogen (secondary N) is 1. The molecule has 0 heterocycles. The topological polar surface area (TPSA) is 66.4 Å². The maximum Gasteiger partial charge on any atom is 0.303 e. The highest BCUT2D eigenvalue weighted by molar-refractivity contribution is 6.36. The van der Waals surface area contributed by atoms with Crippen LogP contribution in [0.25, 0.3) is 0 Å². The Morgan fingerprint density at radius 1 is 1.26 bits per heavy atom. The van der Waals surface area contributed by atoms with Gasteiger partial charge in [0, 0.05) is 17.9 Å². The van der Waals surface area contributed by atoms with Crippen LogP contribution in [-0.2, 0) is 9.59 Å². The van der Waals surface area contributed by atoms with Crippen LogP contribution >= 0.6 is 23.2 Å². The molecular weight excluding hydrogens is 289 g/mol. The molecule has 1 amide bonds. The van der Waals surface area contributed by atoms with Crippen molar-refractivity contribution in [1.29, 1.82) is 0 Å². The van der Waals surface area contributed by atoms with Gasteiger partial charge in [-0.05, 0) is 30.5 Å². The molecular formula is C13H15Cl2NO3. The number of anilines is 1. The molecule has 0 aliphatic rings. The summed E-state index contributed by atoms with van der Waals surface area (Å²) in [6, 6.07) is 3.25. The first-order valence-electron chi connectivity index (χ1n) is 5.77. The second-order valence-corrected chi connectivity index (χ2v) is 5.35. The van der Waals surface area contributed by atoms with E-state index >= 15 is 0 Å². The van der Waals surface area contributed by atoms with E-state index in [0.717, 1.165) is 5.56 Å². The van der Waals surface area contributed by atoms with Crippen LogP contribution in [0.4, 0.5) is 5.69 Å². The molecule has 0 aliphatic heterocycles. The molecule has 0 fully saturated rings. The number of amides is 1. The molecule has 2 N–H and O–H groups in total. The van der Waals surface area contributed by atoms with Crippen molar-refractivity contribution in [3.63, 3.8) is 0 Å². The molecule has 0 spiro atoms. The molecule has 19 heavy (non-hydrogen) atoms. The van der Waals surface area contributed by atoms with Crippen LogP contribution in [0.2, 0.25) is 10.0 Å². The standard InChI is InChI=1S/C13H15Cl2NO3/c1-7(4-13(18)19)3-12(17)16-11-6-9(14)8(2)5-10(11)15/h5-7H,3-4H2,1-2H3,(H,16,17)(H,18,19). The van der Waals surface area contributed by atoms with E-state index in [1.165, 1.54) is 0 Å². The molecule has 0 radical (unpaired) electrons. The van der Waals surface area contributed by atoms with Crippen LogP contribution in [0.3, 0.4) is 0 Å². The third-order valence-electron chi connectivity index (χ3n) is 2.58. The van der Waals surface area contributed by atoms with E-state index in [0.29, 0.717) is 15.7 Å². The third kappa shape index (κ3) is 5.09. The number of rotatable bonds is 5. The lowest BCUT2D eigenvalue weighted by atomic mass is 10.0. The normalized spacial score (nSPS) is 12.0. The fourth-order valence-electron chi connectivity index (χ4n) is 1.63. The van der Waals surface area contributed by atoms with Crippen molar-refractivity contribution in [1.82, 2.24) is 0 Å². The van der Waals surface area contributed by atoms with E-state index in [-0.39, 0.29) is 24.7 Å². The largest absolute Gasteiger partial charge is 0.481 e. The maximum absolute atomic E-state index is 11.7. The molecule has 0 saturated heterocycles. The number of hydrogen-bond acceptors (Lipinski definition) is 2. The third-order valence-corrected chi connectivity index (χ3v) is 3.30. The average molecular weight is 304 g/mol. The summed E-state index contributed by atoms with van der Waals surface area (Å²) >= 11 is 12.0. The smallest absolute Gasteiger partial charge is 0.303 e. The molecule has 104 valence electrons. The van der Waals surface area contributed by atoms with Crippen molar-refractivity contribution in [3.05, 3.63) is 27.7 Å². The second-order valence-electron chi connectivity index (χ2n) is 4.54. The highest BCUT2D eigenvalue weighted by atomic mass is 35.5. The molecule has 1 rings (SSSR count). The number of carboxylic acids is 1. The van der Waals surface area contributed by atoms with Gasteiger partial charge in [-0.2, -0.15) is 0 Å². The summed E-state index contributed by atoms with van der Waals surface area (Å²) < 4.78 is 0. The van der Waals surface area contributed by atoms with Crippen molar-refractivity contribution in [3.8, 4) is 0 Å². The Labute approximate surface area is 121 Å². The number of hydrogen-bond donors (Lipinski definition) is 2. The molecule has 1 atom stereocenters. The summed E-state index contributed by atoms with van der Waals surface area (Å²) in [7, 11) is 0. The Bertz CT molecular complexity index is 503. The van der Waals surface area contributed by atoms with Crippen molar-refractivity contribution in [2.24, 2.45) is 5.92 Å². The van der Waals surface area contributed by atoms with Crippen LogP contribution in [-0.4, -0.2) is 17.0 Å². The zero-order valence-corrected chi connectivity index (χ0v) is 12.2. The number of carbonyl (C=O) groups is 2.